The number of para-hydroxylation sites is 2. The Bertz CT molecular complexity index is 3670. The van der Waals surface area contributed by atoms with E-state index in [0.717, 1.165) is 54.8 Å². The maximum atomic E-state index is 9.56. The molecule has 0 unspecified atom stereocenters. The summed E-state index contributed by atoms with van der Waals surface area (Å²) in [5.74, 6) is 1.30. The monoisotopic (exact) mass is 723 g/mol. The number of aromatic nitrogens is 5. The van der Waals surface area contributed by atoms with E-state index in [-0.39, 0.29) is 28.9 Å². The van der Waals surface area contributed by atoms with Gasteiger partial charge in [0.15, 0.2) is 11.6 Å². The molecule has 0 fully saturated rings. The predicted octanol–water partition coefficient (Wildman–Crippen LogP) is 12.7. The number of hydrogen-bond donors (Lipinski definition) is 0. The Morgan fingerprint density at radius 3 is 1.50 bits per heavy atom. The summed E-state index contributed by atoms with van der Waals surface area (Å²) in [6, 6.07) is 45.6. The molecule has 0 atom stereocenters. The third kappa shape index (κ3) is 5.21. The van der Waals surface area contributed by atoms with Crippen LogP contribution in [-0.2, 0) is 0 Å². The zero-order valence-corrected chi connectivity index (χ0v) is 29.7. The highest BCUT2D eigenvalue weighted by atomic mass is 15.2. The van der Waals surface area contributed by atoms with Crippen LogP contribution in [0.3, 0.4) is 0 Å². The van der Waals surface area contributed by atoms with Gasteiger partial charge in [-0.3, -0.25) is 4.57 Å². The summed E-state index contributed by atoms with van der Waals surface area (Å²) in [6.07, 6.45) is 0. The van der Waals surface area contributed by atoms with Crippen LogP contribution in [0.15, 0.2) is 200 Å². The fourth-order valence-corrected chi connectivity index (χ4v) is 7.68. The highest BCUT2D eigenvalue weighted by molar-refractivity contribution is 6.23. The third-order valence-electron chi connectivity index (χ3n) is 10.2. The highest BCUT2D eigenvalue weighted by Gasteiger charge is 2.23. The van der Waals surface area contributed by atoms with Crippen molar-refractivity contribution in [1.82, 2.24) is 24.1 Å². The minimum absolute atomic E-state index is 0.210. The standard InChI is InChI=1S/C51H33N5/c1-4-14-34(15-5-1)36-24-26-39(27-25-36)50-52-49(38-18-8-3-9-19-38)53-51(54-50)56-46-23-13-11-21-42(46)44-33-32-43-41-20-10-12-22-45(41)55(47(43)48(44)56)40-30-28-37(29-31-40)35-16-6-2-7-17-35/h1-33H/i2D,6D,7D,16D,17D,28D,29D,30D. The normalized spacial score (nSPS) is 13.6. The molecule has 262 valence electrons. The van der Waals surface area contributed by atoms with Gasteiger partial charge in [0, 0.05) is 38.4 Å². The molecule has 0 saturated carbocycles. The number of rotatable bonds is 6. The Kier molecular flexibility index (Phi) is 5.74. The Morgan fingerprint density at radius 1 is 0.339 bits per heavy atom. The lowest BCUT2D eigenvalue weighted by atomic mass is 10.0. The molecule has 0 aliphatic heterocycles. The molecule has 0 amide bonds. The van der Waals surface area contributed by atoms with Crippen LogP contribution in [0.4, 0.5) is 0 Å². The van der Waals surface area contributed by atoms with E-state index in [1.165, 1.54) is 6.07 Å². The van der Waals surface area contributed by atoms with Gasteiger partial charge in [0.1, 0.15) is 0 Å². The van der Waals surface area contributed by atoms with Gasteiger partial charge in [-0.05, 0) is 46.5 Å². The van der Waals surface area contributed by atoms with Crippen LogP contribution in [0.2, 0.25) is 0 Å². The van der Waals surface area contributed by atoms with Gasteiger partial charge < -0.3 is 4.57 Å². The van der Waals surface area contributed by atoms with Crippen LogP contribution < -0.4 is 0 Å². The van der Waals surface area contributed by atoms with Crippen LogP contribution >= 0.6 is 0 Å². The van der Waals surface area contributed by atoms with Crippen molar-refractivity contribution < 1.29 is 11.0 Å². The van der Waals surface area contributed by atoms with E-state index in [4.69, 9.17) is 21.8 Å². The van der Waals surface area contributed by atoms with Gasteiger partial charge >= 0.3 is 0 Å². The number of benzene rings is 8. The molecular formula is C51H33N5. The van der Waals surface area contributed by atoms with Crippen molar-refractivity contribution in [1.29, 1.82) is 0 Å². The molecule has 5 nitrogen and oxygen atoms in total. The average molecular weight is 724 g/mol. The van der Waals surface area contributed by atoms with E-state index >= 15 is 0 Å². The summed E-state index contributed by atoms with van der Waals surface area (Å²) >= 11 is 0. The second kappa shape index (κ2) is 13.0. The van der Waals surface area contributed by atoms with Crippen molar-refractivity contribution in [3.05, 3.63) is 200 Å². The van der Waals surface area contributed by atoms with E-state index in [9.17, 15) is 4.11 Å². The first-order chi connectivity index (χ1) is 31.1. The molecule has 0 radical (unpaired) electrons. The molecule has 0 aliphatic rings. The van der Waals surface area contributed by atoms with Gasteiger partial charge in [0.05, 0.1) is 33.0 Å². The molecule has 5 heteroatoms. The van der Waals surface area contributed by atoms with E-state index in [0.29, 0.717) is 28.6 Å². The SMILES string of the molecule is [2H]c1cc(-n2c3ccccc3c3ccc4c5ccccc5n(-c5nc(-c6ccccc6)nc(-c6ccc(-c7ccccc7)cc6)n5)c4c32)c([2H])c([2H])c1-c1c([2H])c([2H])c([2H])c([2H])c1[2H]. The second-order valence-corrected chi connectivity index (χ2v) is 13.5. The lowest BCUT2D eigenvalue weighted by Gasteiger charge is -2.14. The van der Waals surface area contributed by atoms with Gasteiger partial charge in [-0.1, -0.05) is 176 Å². The molecule has 11 aromatic rings. The molecule has 0 N–H and O–H groups in total. The quantitative estimate of drug-likeness (QED) is 0.172. The van der Waals surface area contributed by atoms with Crippen molar-refractivity contribution >= 4 is 43.6 Å². The zero-order valence-electron chi connectivity index (χ0n) is 37.7. The summed E-state index contributed by atoms with van der Waals surface area (Å²) < 4.78 is 74.1. The number of nitrogens with zero attached hydrogens (tertiary/aromatic N) is 5. The van der Waals surface area contributed by atoms with Crippen molar-refractivity contribution in [2.45, 2.75) is 0 Å². The van der Waals surface area contributed by atoms with E-state index < -0.39 is 36.3 Å². The van der Waals surface area contributed by atoms with Crippen molar-refractivity contribution in [2.24, 2.45) is 0 Å². The minimum atomic E-state index is -0.580. The maximum Gasteiger partial charge on any atom is 0.238 e. The minimum Gasteiger partial charge on any atom is -0.307 e. The van der Waals surface area contributed by atoms with Crippen molar-refractivity contribution in [3.63, 3.8) is 0 Å². The first kappa shape index (κ1) is 24.6. The van der Waals surface area contributed by atoms with Crippen LogP contribution in [0.1, 0.15) is 11.0 Å². The molecule has 0 spiro atoms. The smallest absolute Gasteiger partial charge is 0.238 e. The molecule has 8 aromatic carbocycles. The molecule has 3 aromatic heterocycles. The average Bonchev–Trinajstić information content (AvgIpc) is 3.86. The van der Waals surface area contributed by atoms with E-state index in [1.54, 1.807) is 0 Å². The zero-order chi connectivity index (χ0) is 44.0. The van der Waals surface area contributed by atoms with E-state index in [1.807, 2.05) is 124 Å². The Morgan fingerprint density at radius 2 is 0.839 bits per heavy atom. The summed E-state index contributed by atoms with van der Waals surface area (Å²) in [7, 11) is 0. The molecule has 11 rings (SSSR count). The fraction of sp³-hybridized carbons (Fsp3) is 0. The molecular weight excluding hydrogens is 683 g/mol. The Labute approximate surface area is 334 Å². The van der Waals surface area contributed by atoms with Crippen LogP contribution in [0, 0.1) is 0 Å². The van der Waals surface area contributed by atoms with Gasteiger partial charge in [0.25, 0.3) is 0 Å². The maximum absolute atomic E-state index is 9.56. The lowest BCUT2D eigenvalue weighted by molar-refractivity contribution is 0.953. The molecule has 3 heterocycles. The Hall–Kier alpha value is -7.63. The predicted molar refractivity (Wildman–Crippen MR) is 230 cm³/mol. The van der Waals surface area contributed by atoms with Crippen LogP contribution in [-0.4, -0.2) is 24.1 Å². The van der Waals surface area contributed by atoms with Crippen molar-refractivity contribution in [3.8, 4) is 56.7 Å². The second-order valence-electron chi connectivity index (χ2n) is 13.5. The summed E-state index contributed by atoms with van der Waals surface area (Å²) in [6.45, 7) is 0. The summed E-state index contributed by atoms with van der Waals surface area (Å²) in [4.78, 5) is 15.4. The van der Waals surface area contributed by atoms with Crippen LogP contribution in [0.25, 0.3) is 100 Å². The molecule has 0 saturated heterocycles. The molecule has 56 heavy (non-hydrogen) atoms. The highest BCUT2D eigenvalue weighted by Crippen LogP contribution is 2.42. The number of hydrogen-bond acceptors (Lipinski definition) is 3. The van der Waals surface area contributed by atoms with Gasteiger partial charge in [-0.15, -0.1) is 0 Å². The molecule has 0 aliphatic carbocycles. The number of fused-ring (bicyclic) bond motifs is 7. The molecule has 0 bridgehead atoms. The van der Waals surface area contributed by atoms with Gasteiger partial charge in [-0.2, -0.15) is 9.97 Å². The first-order valence-corrected chi connectivity index (χ1v) is 18.2. The topological polar surface area (TPSA) is 48.5 Å². The summed E-state index contributed by atoms with van der Waals surface area (Å²) in [5.41, 5.74) is 6.38. The van der Waals surface area contributed by atoms with E-state index in [2.05, 4.69) is 30.3 Å². The fourth-order valence-electron chi connectivity index (χ4n) is 7.68. The van der Waals surface area contributed by atoms with Gasteiger partial charge in [0.2, 0.25) is 5.95 Å². The lowest BCUT2D eigenvalue weighted by Crippen LogP contribution is -2.07. The van der Waals surface area contributed by atoms with Crippen molar-refractivity contribution in [2.75, 3.05) is 0 Å². The third-order valence-corrected chi connectivity index (χ3v) is 10.2. The first-order valence-electron chi connectivity index (χ1n) is 22.2. The Balaban J connectivity index is 1.22. The van der Waals surface area contributed by atoms with Gasteiger partial charge in [-0.25, -0.2) is 4.98 Å². The van der Waals surface area contributed by atoms with Crippen LogP contribution in [0.5, 0.6) is 0 Å². The largest absolute Gasteiger partial charge is 0.307 e. The summed E-state index contributed by atoms with van der Waals surface area (Å²) in [5, 5.41) is 3.51.